The monoisotopic (exact) mass is 444 g/mol. The van der Waals surface area contributed by atoms with Crippen LogP contribution in [-0.2, 0) is 19.3 Å². The van der Waals surface area contributed by atoms with E-state index in [0.29, 0.717) is 32.3 Å². The first-order chi connectivity index (χ1) is 14.5. The number of hydrogen-bond acceptors (Lipinski definition) is 7. The van der Waals surface area contributed by atoms with Crippen LogP contribution in [0.25, 0.3) is 0 Å². The van der Waals surface area contributed by atoms with Crippen LogP contribution >= 0.6 is 0 Å². The zero-order valence-corrected chi connectivity index (χ0v) is 20.9. The van der Waals surface area contributed by atoms with Gasteiger partial charge in [-0.15, -0.1) is 0 Å². The highest BCUT2D eigenvalue weighted by Gasteiger charge is 2.09. The van der Waals surface area contributed by atoms with Gasteiger partial charge in [0.2, 0.25) is 0 Å². The van der Waals surface area contributed by atoms with Gasteiger partial charge in [0.15, 0.2) is 5.78 Å². The minimum atomic E-state index is -0.877. The third-order valence-corrected chi connectivity index (χ3v) is 2.90. The highest BCUT2D eigenvalue weighted by Crippen LogP contribution is 1.99. The Hall–Kier alpha value is -1.90. The normalized spacial score (nSPS) is 11.0. The first-order valence-electron chi connectivity index (χ1n) is 10.6. The van der Waals surface area contributed by atoms with Crippen LogP contribution < -0.4 is 11.8 Å². The van der Waals surface area contributed by atoms with Crippen molar-refractivity contribution in [3.63, 3.8) is 0 Å². The van der Waals surface area contributed by atoms with Crippen LogP contribution in [0.2, 0.25) is 0 Å². The molecule has 0 heterocycles. The van der Waals surface area contributed by atoms with Crippen LogP contribution in [0.5, 0.6) is 0 Å². The van der Waals surface area contributed by atoms with Crippen LogP contribution in [0.3, 0.4) is 0 Å². The average molecular weight is 445 g/mol. The fourth-order valence-electron chi connectivity index (χ4n) is 1.47. The van der Waals surface area contributed by atoms with Gasteiger partial charge in [-0.1, -0.05) is 89.7 Å². The summed E-state index contributed by atoms with van der Waals surface area (Å²) in [5, 5.41) is 9.20. The van der Waals surface area contributed by atoms with Crippen LogP contribution in [-0.4, -0.2) is 37.0 Å². The second-order valence-corrected chi connectivity index (χ2v) is 5.53. The van der Waals surface area contributed by atoms with Gasteiger partial charge in [-0.3, -0.25) is 14.5 Å². The maximum absolute atomic E-state index is 10.9. The van der Waals surface area contributed by atoms with E-state index in [1.807, 2.05) is 39.0 Å². The lowest BCUT2D eigenvalue weighted by molar-refractivity contribution is -0.144. The molecule has 31 heavy (non-hydrogen) atoms. The molecular formula is C24H48N2O5. The lowest BCUT2D eigenvalue weighted by atomic mass is 10.1. The number of allylic oxidation sites excluding steroid dienone is 4. The van der Waals surface area contributed by atoms with Crippen LogP contribution in [0.1, 0.15) is 73.6 Å². The maximum Gasteiger partial charge on any atom is 0.161 e. The third-order valence-electron chi connectivity index (χ3n) is 2.90. The zero-order chi connectivity index (χ0) is 24.0. The number of aliphatic hydroxyl groups is 1. The molecule has 0 aliphatic heterocycles. The quantitative estimate of drug-likeness (QED) is 0.111. The number of carbonyl (C=O) groups excluding carboxylic acids is 2. The van der Waals surface area contributed by atoms with E-state index < -0.39 is 6.10 Å². The van der Waals surface area contributed by atoms with Gasteiger partial charge < -0.3 is 16.1 Å². The molecule has 0 aromatic heterocycles. The number of unbranched alkanes of at least 4 members (excludes halogenated alkanes) is 1. The molecule has 1 atom stereocenters. The summed E-state index contributed by atoms with van der Waals surface area (Å²) in [6.07, 6.45) is 14.1. The van der Waals surface area contributed by atoms with E-state index in [0.717, 1.165) is 11.9 Å². The summed E-state index contributed by atoms with van der Waals surface area (Å²) in [5.41, 5.74) is 3.34. The SMILES string of the molecule is C=C/C=C\C(=C/C)CONOC.CC.CCC.CCC(=O)C(O)C/C=C\CCC=O.N. The first kappa shape index (κ1) is 39.6. The standard InChI is InChI=1S/C10H16O3.C9H15NO2.C3H8.C2H6.H3N/c1-2-9(12)10(13)7-5-3-4-6-8-11;1-4-6-7-9(5-2)8-12-10-11-3;1-3-2;1-2;/h3,5,8,10,13H,2,4,6-7H2,1H3;4-7,10H,1,8H2,2-3H3;3H2,1-2H3;1-2H3;1H3/b5-3-;7-6-,9-5+;;;. The van der Waals surface area contributed by atoms with Crippen molar-refractivity contribution >= 4 is 12.1 Å². The summed E-state index contributed by atoms with van der Waals surface area (Å²) >= 11 is 0. The fraction of sp³-hybridized carbons (Fsp3) is 0.583. The van der Waals surface area contributed by atoms with Crippen LogP contribution in [0.15, 0.2) is 48.6 Å². The minimum absolute atomic E-state index is 0. The highest BCUT2D eigenvalue weighted by atomic mass is 16.9. The van der Waals surface area contributed by atoms with Crippen LogP contribution in [0, 0.1) is 0 Å². The van der Waals surface area contributed by atoms with Gasteiger partial charge in [0.25, 0.3) is 0 Å². The second-order valence-electron chi connectivity index (χ2n) is 5.53. The molecule has 0 amide bonds. The summed E-state index contributed by atoms with van der Waals surface area (Å²) in [6, 6.07) is 0. The molecule has 0 aliphatic carbocycles. The van der Waals surface area contributed by atoms with Gasteiger partial charge >= 0.3 is 0 Å². The molecule has 0 rings (SSSR count). The molecule has 7 nitrogen and oxygen atoms in total. The molecule has 0 spiro atoms. The molecule has 5 N–H and O–H groups in total. The van der Waals surface area contributed by atoms with E-state index in [2.05, 4.69) is 30.9 Å². The van der Waals surface area contributed by atoms with Crippen molar-refractivity contribution in [3.8, 4) is 0 Å². The van der Waals surface area contributed by atoms with E-state index in [-0.39, 0.29) is 11.9 Å². The maximum atomic E-state index is 10.9. The molecular weight excluding hydrogens is 396 g/mol. The molecule has 0 fully saturated rings. The number of carbonyl (C=O) groups is 2. The Morgan fingerprint density at radius 3 is 2.16 bits per heavy atom. The predicted octanol–water partition coefficient (Wildman–Crippen LogP) is 5.61. The zero-order valence-electron chi connectivity index (χ0n) is 20.9. The Morgan fingerprint density at radius 2 is 1.74 bits per heavy atom. The van der Waals surface area contributed by atoms with Crippen molar-refractivity contribution in [2.45, 2.75) is 79.8 Å². The van der Waals surface area contributed by atoms with E-state index >= 15 is 0 Å². The largest absolute Gasteiger partial charge is 0.385 e. The van der Waals surface area contributed by atoms with Crippen molar-refractivity contribution in [3.05, 3.63) is 48.6 Å². The van der Waals surface area contributed by atoms with Gasteiger partial charge in [0, 0.05) is 12.8 Å². The number of Topliss-reactive ketones (excluding diaryl/α,β-unsaturated/α-hetero) is 1. The van der Waals surface area contributed by atoms with Gasteiger partial charge in [0.05, 0.1) is 13.7 Å². The molecule has 7 heteroatoms. The first-order valence-corrected chi connectivity index (χ1v) is 10.6. The van der Waals surface area contributed by atoms with Crippen LogP contribution in [0.4, 0.5) is 0 Å². The number of rotatable bonds is 13. The van der Waals surface area contributed by atoms with Crippen molar-refractivity contribution < 1.29 is 24.4 Å². The second kappa shape index (κ2) is 38.7. The minimum Gasteiger partial charge on any atom is -0.385 e. The van der Waals surface area contributed by atoms with E-state index in [4.69, 9.17) is 4.84 Å². The smallest absolute Gasteiger partial charge is 0.161 e. The molecule has 0 bridgehead atoms. The fourth-order valence-corrected chi connectivity index (χ4v) is 1.47. The number of ketones is 1. The summed E-state index contributed by atoms with van der Waals surface area (Å²) in [4.78, 5) is 30.2. The van der Waals surface area contributed by atoms with Crippen molar-refractivity contribution in [2.75, 3.05) is 13.7 Å². The summed E-state index contributed by atoms with van der Waals surface area (Å²) in [5.74, 6) is -0.139. The topological polar surface area (TPSA) is 120 Å². The van der Waals surface area contributed by atoms with E-state index in [1.54, 1.807) is 25.2 Å². The molecule has 0 radical (unpaired) electrons. The van der Waals surface area contributed by atoms with Crippen molar-refractivity contribution in [1.29, 1.82) is 0 Å². The molecule has 184 valence electrons. The lowest BCUT2D eigenvalue weighted by Gasteiger charge is -2.03. The van der Waals surface area contributed by atoms with Gasteiger partial charge in [0.1, 0.15) is 12.4 Å². The molecule has 1 unspecified atom stereocenters. The number of aldehydes is 1. The van der Waals surface area contributed by atoms with Gasteiger partial charge in [-0.25, -0.2) is 0 Å². The Kier molecular flexibility index (Phi) is 49.4. The Labute approximate surface area is 190 Å². The summed E-state index contributed by atoms with van der Waals surface area (Å²) < 4.78 is 0. The summed E-state index contributed by atoms with van der Waals surface area (Å²) in [7, 11) is 1.49. The van der Waals surface area contributed by atoms with Gasteiger partial charge in [-0.05, 0) is 25.3 Å². The lowest BCUT2D eigenvalue weighted by Crippen LogP contribution is -2.17. The van der Waals surface area contributed by atoms with E-state index in [9.17, 15) is 14.7 Å². The molecule has 0 saturated carbocycles. The van der Waals surface area contributed by atoms with Crippen molar-refractivity contribution in [1.82, 2.24) is 11.8 Å². The summed E-state index contributed by atoms with van der Waals surface area (Å²) in [6.45, 7) is 16.0. The number of nitrogens with one attached hydrogen (secondary N) is 1. The molecule has 0 aromatic rings. The van der Waals surface area contributed by atoms with Crippen molar-refractivity contribution in [2.24, 2.45) is 0 Å². The van der Waals surface area contributed by atoms with E-state index in [1.165, 1.54) is 13.5 Å². The Bertz CT molecular complexity index is 461. The Morgan fingerprint density at radius 1 is 1.16 bits per heavy atom. The molecule has 0 aromatic carbocycles. The molecule has 0 saturated heterocycles. The Balaban J connectivity index is -0.000000117. The number of hydrogen-bond donors (Lipinski definition) is 3. The average Bonchev–Trinajstić information content (AvgIpc) is 2.77. The highest BCUT2D eigenvalue weighted by molar-refractivity contribution is 5.82. The number of aliphatic hydroxyl groups excluding tert-OH is 1. The third kappa shape index (κ3) is 39.2. The van der Waals surface area contributed by atoms with Gasteiger partial charge in [-0.2, -0.15) is 0 Å². The predicted molar refractivity (Wildman–Crippen MR) is 132 cm³/mol. The molecule has 0 aliphatic rings.